The summed E-state index contributed by atoms with van der Waals surface area (Å²) in [6.07, 6.45) is 7.21. The van der Waals surface area contributed by atoms with Gasteiger partial charge in [-0.25, -0.2) is 0 Å². The van der Waals surface area contributed by atoms with Crippen LogP contribution >= 0.6 is 15.9 Å². The first-order valence-electron chi connectivity index (χ1n) is 13.3. The molecule has 0 radical (unpaired) electrons. The summed E-state index contributed by atoms with van der Waals surface area (Å²) < 4.78 is 1.15. The largest absolute Gasteiger partial charge is 0.0619 e. The first-order chi connectivity index (χ1) is 17.2. The third-order valence-electron chi connectivity index (χ3n) is 9.96. The first kappa shape index (κ1) is 20.5. The zero-order valence-corrected chi connectivity index (χ0v) is 21.5. The second kappa shape index (κ2) is 7.43. The fourth-order valence-corrected chi connectivity index (χ4v) is 9.47. The van der Waals surface area contributed by atoms with Crippen LogP contribution in [0.1, 0.15) is 43.2 Å². The average molecular weight is 518 g/mol. The van der Waals surface area contributed by atoms with Crippen molar-refractivity contribution in [2.24, 2.45) is 23.7 Å². The predicted octanol–water partition coefficient (Wildman–Crippen LogP) is 9.51. The van der Waals surface area contributed by atoms with Crippen molar-refractivity contribution in [2.45, 2.75) is 37.5 Å². The van der Waals surface area contributed by atoms with E-state index in [0.717, 1.165) is 28.1 Å². The van der Waals surface area contributed by atoms with Gasteiger partial charge in [0.1, 0.15) is 0 Å². The molecular formula is C34H29Br. The maximum atomic E-state index is 3.81. The van der Waals surface area contributed by atoms with Crippen LogP contribution in [0.4, 0.5) is 0 Å². The quantitative estimate of drug-likeness (QED) is 0.248. The third kappa shape index (κ3) is 2.74. The number of hydrogen-bond acceptors (Lipinski definition) is 0. The van der Waals surface area contributed by atoms with Crippen molar-refractivity contribution in [1.29, 1.82) is 0 Å². The Morgan fingerprint density at radius 2 is 1.09 bits per heavy atom. The third-order valence-corrected chi connectivity index (χ3v) is 10.6. The topological polar surface area (TPSA) is 0 Å². The number of rotatable bonds is 2. The molecule has 0 heterocycles. The molecule has 4 aromatic rings. The molecule has 1 heteroatoms. The molecular weight excluding hydrogens is 488 g/mol. The smallest absolute Gasteiger partial charge is 0.0272 e. The lowest BCUT2D eigenvalue weighted by Crippen LogP contribution is -2.55. The lowest BCUT2D eigenvalue weighted by molar-refractivity contribution is -0.0399. The Morgan fingerprint density at radius 3 is 1.80 bits per heavy atom. The highest BCUT2D eigenvalue weighted by Crippen LogP contribution is 2.69. The number of benzene rings is 4. The van der Waals surface area contributed by atoms with Gasteiger partial charge in [-0.15, -0.1) is 0 Å². The molecule has 1 spiro atoms. The van der Waals surface area contributed by atoms with Crippen LogP contribution < -0.4 is 0 Å². The van der Waals surface area contributed by atoms with Crippen molar-refractivity contribution in [3.05, 3.63) is 107 Å². The van der Waals surface area contributed by atoms with Gasteiger partial charge in [0, 0.05) is 9.89 Å². The Hall–Kier alpha value is -2.64. The van der Waals surface area contributed by atoms with Crippen molar-refractivity contribution in [2.75, 3.05) is 0 Å². The van der Waals surface area contributed by atoms with Crippen molar-refractivity contribution in [3.8, 4) is 33.4 Å². The van der Waals surface area contributed by atoms with Crippen molar-refractivity contribution >= 4 is 15.9 Å². The summed E-state index contributed by atoms with van der Waals surface area (Å²) in [4.78, 5) is 0. The number of hydrogen-bond donors (Lipinski definition) is 0. The standard InChI is InChI=1S/C34H29Br/c35-33-12-6-4-10-30(33)27-8-2-1-7-26(27)23-13-14-29-28-9-3-5-11-31(28)34(32(29)20-23)24-16-21-15-22(18-24)19-25(34)17-21/h1-14,20-22,24-25H,15-19H2. The summed E-state index contributed by atoms with van der Waals surface area (Å²) in [6, 6.07) is 34.4. The molecule has 5 aliphatic rings. The summed E-state index contributed by atoms with van der Waals surface area (Å²) in [5, 5.41) is 0. The number of halogens is 1. The van der Waals surface area contributed by atoms with Gasteiger partial charge in [-0.05, 0) is 112 Å². The normalized spacial score (nSPS) is 29.4. The maximum absolute atomic E-state index is 3.81. The molecule has 5 aliphatic carbocycles. The van der Waals surface area contributed by atoms with E-state index in [0.29, 0.717) is 0 Å². The molecule has 0 unspecified atom stereocenters. The maximum Gasteiger partial charge on any atom is 0.0272 e. The van der Waals surface area contributed by atoms with Crippen molar-refractivity contribution in [1.82, 2.24) is 0 Å². The predicted molar refractivity (Wildman–Crippen MR) is 148 cm³/mol. The van der Waals surface area contributed by atoms with E-state index >= 15 is 0 Å². The Bertz CT molecular complexity index is 1450. The second-order valence-electron chi connectivity index (χ2n) is 11.5. The van der Waals surface area contributed by atoms with Crippen LogP contribution in [0, 0.1) is 23.7 Å². The zero-order chi connectivity index (χ0) is 23.1. The lowest BCUT2D eigenvalue weighted by atomic mass is 9.43. The molecule has 9 rings (SSSR count). The van der Waals surface area contributed by atoms with Gasteiger partial charge in [0.05, 0.1) is 0 Å². The van der Waals surface area contributed by atoms with Gasteiger partial charge >= 0.3 is 0 Å². The highest BCUT2D eigenvalue weighted by atomic mass is 79.9. The van der Waals surface area contributed by atoms with Gasteiger partial charge in [0.25, 0.3) is 0 Å². The van der Waals surface area contributed by atoms with Crippen molar-refractivity contribution < 1.29 is 0 Å². The molecule has 4 aromatic carbocycles. The zero-order valence-electron chi connectivity index (χ0n) is 19.9. The van der Waals surface area contributed by atoms with E-state index in [4.69, 9.17) is 0 Å². The van der Waals surface area contributed by atoms with Crippen LogP contribution in [-0.2, 0) is 5.41 Å². The molecule has 4 saturated carbocycles. The van der Waals surface area contributed by atoms with Crippen LogP contribution in [0.15, 0.2) is 95.5 Å². The molecule has 0 saturated heterocycles. The minimum absolute atomic E-state index is 0.220. The average Bonchev–Trinajstić information content (AvgIpc) is 3.18. The van der Waals surface area contributed by atoms with Crippen LogP contribution in [0.25, 0.3) is 33.4 Å². The summed E-state index contributed by atoms with van der Waals surface area (Å²) in [5.74, 6) is 3.54. The van der Waals surface area contributed by atoms with Crippen LogP contribution in [0.2, 0.25) is 0 Å². The molecule has 4 fully saturated rings. The number of fused-ring (bicyclic) bond motifs is 3. The highest BCUT2D eigenvalue weighted by molar-refractivity contribution is 9.10. The fourth-order valence-electron chi connectivity index (χ4n) is 8.97. The highest BCUT2D eigenvalue weighted by Gasteiger charge is 2.61. The monoisotopic (exact) mass is 516 g/mol. The van der Waals surface area contributed by atoms with E-state index in [1.165, 1.54) is 65.5 Å². The van der Waals surface area contributed by atoms with Crippen LogP contribution in [0.5, 0.6) is 0 Å². The Kier molecular flexibility index (Phi) is 4.36. The van der Waals surface area contributed by atoms with Gasteiger partial charge in [-0.3, -0.25) is 0 Å². The lowest BCUT2D eigenvalue weighted by Gasteiger charge is -2.61. The summed E-state index contributed by atoms with van der Waals surface area (Å²) in [5.41, 5.74) is 11.7. The minimum Gasteiger partial charge on any atom is -0.0619 e. The van der Waals surface area contributed by atoms with Crippen LogP contribution in [0.3, 0.4) is 0 Å². The first-order valence-corrected chi connectivity index (χ1v) is 14.1. The summed E-state index contributed by atoms with van der Waals surface area (Å²) in [7, 11) is 0. The van der Waals surface area contributed by atoms with E-state index < -0.39 is 0 Å². The Labute approximate surface area is 216 Å². The van der Waals surface area contributed by atoms with Crippen LogP contribution in [-0.4, -0.2) is 0 Å². The Morgan fingerprint density at radius 1 is 0.514 bits per heavy atom. The van der Waals surface area contributed by atoms with E-state index in [1.807, 2.05) is 0 Å². The molecule has 172 valence electrons. The molecule has 0 amide bonds. The molecule has 0 aliphatic heterocycles. The van der Waals surface area contributed by atoms with E-state index in [2.05, 4.69) is 107 Å². The van der Waals surface area contributed by atoms with Crippen molar-refractivity contribution in [3.63, 3.8) is 0 Å². The molecule has 4 bridgehead atoms. The summed E-state index contributed by atoms with van der Waals surface area (Å²) in [6.45, 7) is 0. The SMILES string of the molecule is Brc1ccccc1-c1ccccc1-c1ccc2c(c1)C1(c3ccccc3-2)C2CC3CC(C2)CC1C3. The molecule has 35 heavy (non-hydrogen) atoms. The van der Waals surface area contributed by atoms with E-state index in [9.17, 15) is 0 Å². The van der Waals surface area contributed by atoms with Gasteiger partial charge in [-0.1, -0.05) is 94.8 Å². The van der Waals surface area contributed by atoms with Gasteiger partial charge in [0.15, 0.2) is 0 Å². The van der Waals surface area contributed by atoms with Gasteiger partial charge < -0.3 is 0 Å². The fraction of sp³-hybridized carbons (Fsp3) is 0.294. The van der Waals surface area contributed by atoms with E-state index in [1.54, 1.807) is 11.1 Å². The molecule has 0 aromatic heterocycles. The second-order valence-corrected chi connectivity index (χ2v) is 12.4. The van der Waals surface area contributed by atoms with Gasteiger partial charge in [0.2, 0.25) is 0 Å². The van der Waals surface area contributed by atoms with E-state index in [-0.39, 0.29) is 5.41 Å². The molecule has 0 N–H and O–H groups in total. The minimum atomic E-state index is 0.220. The molecule has 0 nitrogen and oxygen atoms in total. The molecule has 0 atom stereocenters. The Balaban J connectivity index is 1.36. The van der Waals surface area contributed by atoms with Gasteiger partial charge in [-0.2, -0.15) is 0 Å². The summed E-state index contributed by atoms with van der Waals surface area (Å²) >= 11 is 3.81.